The third-order valence-electron chi connectivity index (χ3n) is 5.08. The van der Waals surface area contributed by atoms with E-state index in [9.17, 15) is 0 Å². The third-order valence-corrected chi connectivity index (χ3v) is 8.87. The molecule has 0 heterocycles. The molecule has 0 radical (unpaired) electrons. The summed E-state index contributed by atoms with van der Waals surface area (Å²) in [6, 6.07) is 31.6. The van der Waals surface area contributed by atoms with Crippen LogP contribution in [0.2, 0.25) is 6.55 Å². The molecular weight excluding hydrogens is 324 g/mol. The maximum absolute atomic E-state index is 6.13. The Bertz CT molecular complexity index is 687. The fraction of sp³-hybridized carbons (Fsp3) is 0.182. The van der Waals surface area contributed by atoms with Gasteiger partial charge in [-0.15, -0.1) is 0 Å². The lowest BCUT2D eigenvalue weighted by Crippen LogP contribution is -2.59. The van der Waals surface area contributed by atoms with Crippen LogP contribution < -0.4 is 0 Å². The number of rotatable bonds is 6. The SMILES string of the molecule is CO[Si](C)(OC)C(c1ccccc1)(c1ccccc1)c1ccccc1. The van der Waals surface area contributed by atoms with Crippen LogP contribution in [0.15, 0.2) is 91.0 Å². The molecule has 0 aliphatic rings. The van der Waals surface area contributed by atoms with Crippen molar-refractivity contribution in [1.82, 2.24) is 0 Å². The lowest BCUT2D eigenvalue weighted by molar-refractivity contribution is 0.229. The fourth-order valence-corrected chi connectivity index (χ4v) is 6.59. The van der Waals surface area contributed by atoms with Gasteiger partial charge in [0.2, 0.25) is 0 Å². The molecule has 3 aromatic carbocycles. The van der Waals surface area contributed by atoms with Crippen molar-refractivity contribution in [2.24, 2.45) is 0 Å². The van der Waals surface area contributed by atoms with Gasteiger partial charge >= 0.3 is 8.56 Å². The van der Waals surface area contributed by atoms with E-state index in [1.807, 2.05) is 18.2 Å². The van der Waals surface area contributed by atoms with Crippen molar-refractivity contribution in [3.8, 4) is 0 Å². The molecule has 25 heavy (non-hydrogen) atoms. The molecule has 0 saturated carbocycles. The number of hydrogen-bond donors (Lipinski definition) is 0. The first-order valence-corrected chi connectivity index (χ1v) is 10.8. The van der Waals surface area contributed by atoms with Gasteiger partial charge in [-0.1, -0.05) is 91.0 Å². The Kier molecular flexibility index (Phi) is 5.18. The normalized spacial score (nSPS) is 12.1. The summed E-state index contributed by atoms with van der Waals surface area (Å²) in [5.74, 6) is 0. The van der Waals surface area contributed by atoms with Crippen molar-refractivity contribution in [2.45, 2.75) is 11.6 Å². The van der Waals surface area contributed by atoms with Crippen LogP contribution in [0.4, 0.5) is 0 Å². The summed E-state index contributed by atoms with van der Waals surface area (Å²) in [4.78, 5) is 0. The van der Waals surface area contributed by atoms with Gasteiger partial charge in [-0.2, -0.15) is 0 Å². The topological polar surface area (TPSA) is 18.5 Å². The van der Waals surface area contributed by atoms with Crippen molar-refractivity contribution >= 4 is 8.56 Å². The zero-order chi connectivity index (χ0) is 17.8. The monoisotopic (exact) mass is 348 g/mol. The number of hydrogen-bond acceptors (Lipinski definition) is 2. The molecule has 128 valence electrons. The van der Waals surface area contributed by atoms with Crippen LogP contribution in [-0.2, 0) is 13.9 Å². The smallest absolute Gasteiger partial charge is 0.354 e. The molecule has 0 bridgehead atoms. The first-order chi connectivity index (χ1) is 12.2. The van der Waals surface area contributed by atoms with Gasteiger partial charge in [-0.05, 0) is 23.2 Å². The summed E-state index contributed by atoms with van der Waals surface area (Å²) in [6.07, 6.45) is 0. The summed E-state index contributed by atoms with van der Waals surface area (Å²) >= 11 is 0. The van der Waals surface area contributed by atoms with Crippen LogP contribution >= 0.6 is 0 Å². The van der Waals surface area contributed by atoms with Crippen LogP contribution in [-0.4, -0.2) is 22.8 Å². The van der Waals surface area contributed by atoms with Gasteiger partial charge in [-0.25, -0.2) is 0 Å². The Morgan fingerprint density at radius 2 is 0.840 bits per heavy atom. The van der Waals surface area contributed by atoms with Gasteiger partial charge in [0.1, 0.15) is 0 Å². The zero-order valence-electron chi connectivity index (χ0n) is 15.0. The minimum Gasteiger partial charge on any atom is -0.397 e. The Morgan fingerprint density at radius 3 is 1.08 bits per heavy atom. The van der Waals surface area contributed by atoms with Gasteiger partial charge < -0.3 is 8.85 Å². The molecule has 0 unspecified atom stereocenters. The minimum atomic E-state index is -2.70. The van der Waals surface area contributed by atoms with Crippen molar-refractivity contribution in [3.63, 3.8) is 0 Å². The second kappa shape index (κ2) is 7.36. The maximum Gasteiger partial charge on any atom is 0.354 e. The van der Waals surface area contributed by atoms with E-state index < -0.39 is 13.6 Å². The highest BCUT2D eigenvalue weighted by Crippen LogP contribution is 2.46. The molecule has 0 aromatic heterocycles. The highest BCUT2D eigenvalue weighted by molar-refractivity contribution is 6.71. The van der Waals surface area contributed by atoms with Crippen LogP contribution in [0, 0.1) is 0 Å². The first-order valence-electron chi connectivity index (χ1n) is 8.46. The van der Waals surface area contributed by atoms with E-state index in [0.717, 1.165) is 0 Å². The maximum atomic E-state index is 6.13. The van der Waals surface area contributed by atoms with E-state index >= 15 is 0 Å². The molecule has 0 aliphatic carbocycles. The average molecular weight is 349 g/mol. The van der Waals surface area contributed by atoms with Crippen LogP contribution in [0.5, 0.6) is 0 Å². The predicted molar refractivity (Wildman–Crippen MR) is 105 cm³/mol. The second-order valence-electron chi connectivity index (χ2n) is 6.20. The van der Waals surface area contributed by atoms with E-state index in [1.165, 1.54) is 16.7 Å². The van der Waals surface area contributed by atoms with Crippen molar-refractivity contribution < 1.29 is 8.85 Å². The quantitative estimate of drug-likeness (QED) is 0.465. The second-order valence-corrected chi connectivity index (χ2v) is 9.66. The molecule has 0 saturated heterocycles. The number of benzene rings is 3. The molecular formula is C22H24O2Si. The standard InChI is InChI=1S/C22H24O2Si/c1-23-25(3,24-2)22(19-13-7-4-8-14-19,20-15-9-5-10-16-20)21-17-11-6-12-18-21/h4-18H,1-3H3. The van der Waals surface area contributed by atoms with Crippen LogP contribution in [0.3, 0.4) is 0 Å². The average Bonchev–Trinajstić information content (AvgIpc) is 2.71. The lowest BCUT2D eigenvalue weighted by atomic mass is 9.84. The summed E-state index contributed by atoms with van der Waals surface area (Å²) in [5, 5.41) is -0.472. The van der Waals surface area contributed by atoms with E-state index in [-0.39, 0.29) is 0 Å². The van der Waals surface area contributed by atoms with Crippen molar-refractivity contribution in [3.05, 3.63) is 108 Å². The minimum absolute atomic E-state index is 0.472. The molecule has 2 nitrogen and oxygen atoms in total. The molecule has 3 heteroatoms. The first kappa shape index (κ1) is 17.6. The zero-order valence-corrected chi connectivity index (χ0v) is 16.0. The van der Waals surface area contributed by atoms with Crippen molar-refractivity contribution in [2.75, 3.05) is 14.2 Å². The van der Waals surface area contributed by atoms with E-state index in [2.05, 4.69) is 79.3 Å². The van der Waals surface area contributed by atoms with Gasteiger partial charge in [0, 0.05) is 14.2 Å². The van der Waals surface area contributed by atoms with Gasteiger partial charge in [-0.3, -0.25) is 0 Å². The van der Waals surface area contributed by atoms with Crippen molar-refractivity contribution in [1.29, 1.82) is 0 Å². The molecule has 3 aromatic rings. The fourth-order valence-electron chi connectivity index (χ4n) is 3.74. The molecule has 3 rings (SSSR count). The Hall–Kier alpha value is -2.20. The van der Waals surface area contributed by atoms with E-state index in [0.29, 0.717) is 0 Å². The molecule has 0 aliphatic heterocycles. The largest absolute Gasteiger partial charge is 0.397 e. The molecule has 0 N–H and O–H groups in total. The van der Waals surface area contributed by atoms with Gasteiger partial charge in [0.15, 0.2) is 0 Å². The third kappa shape index (κ3) is 2.84. The summed E-state index contributed by atoms with van der Waals surface area (Å²) < 4.78 is 12.3. The molecule has 0 fully saturated rings. The Morgan fingerprint density at radius 1 is 0.560 bits per heavy atom. The molecule has 0 amide bonds. The van der Waals surface area contributed by atoms with Gasteiger partial charge in [0.05, 0.1) is 5.04 Å². The summed E-state index contributed by atoms with van der Waals surface area (Å²) in [7, 11) is 0.827. The Labute approximate surface area is 151 Å². The predicted octanol–water partition coefficient (Wildman–Crippen LogP) is 4.93. The molecule has 0 atom stereocenters. The highest BCUT2D eigenvalue weighted by atomic mass is 28.4. The van der Waals surface area contributed by atoms with Gasteiger partial charge in [0.25, 0.3) is 0 Å². The highest BCUT2D eigenvalue weighted by Gasteiger charge is 2.56. The summed E-state index contributed by atoms with van der Waals surface area (Å²) in [5.41, 5.74) is 3.56. The Balaban J connectivity index is 2.45. The van der Waals surface area contributed by atoms with E-state index in [1.54, 1.807) is 14.2 Å². The summed E-state index contributed by atoms with van der Waals surface area (Å²) in [6.45, 7) is 2.14. The van der Waals surface area contributed by atoms with E-state index in [4.69, 9.17) is 8.85 Å². The lowest BCUT2D eigenvalue weighted by Gasteiger charge is -2.45. The van der Waals surface area contributed by atoms with Crippen LogP contribution in [0.25, 0.3) is 0 Å². The molecule has 0 spiro atoms. The van der Waals surface area contributed by atoms with Crippen LogP contribution in [0.1, 0.15) is 16.7 Å².